The molecular formula is C61H44N2. The lowest BCUT2D eigenvalue weighted by atomic mass is 9.82. The van der Waals surface area contributed by atoms with Gasteiger partial charge >= 0.3 is 0 Å². The van der Waals surface area contributed by atoms with Crippen LogP contribution in [-0.2, 0) is 5.41 Å². The van der Waals surface area contributed by atoms with Gasteiger partial charge in [0, 0.05) is 38.8 Å². The van der Waals surface area contributed by atoms with Crippen LogP contribution in [0.15, 0.2) is 231 Å². The van der Waals surface area contributed by atoms with Crippen LogP contribution in [0.5, 0.6) is 0 Å². The molecule has 2 nitrogen and oxygen atoms in total. The molecule has 2 heteroatoms. The second kappa shape index (κ2) is 14.6. The van der Waals surface area contributed by atoms with E-state index in [0.717, 1.165) is 28.3 Å². The summed E-state index contributed by atoms with van der Waals surface area (Å²) < 4.78 is 2.43. The average Bonchev–Trinajstić information content (AvgIpc) is 3.80. The van der Waals surface area contributed by atoms with E-state index in [-0.39, 0.29) is 5.41 Å². The summed E-state index contributed by atoms with van der Waals surface area (Å²) in [7, 11) is 0. The van der Waals surface area contributed by atoms with Crippen molar-refractivity contribution < 1.29 is 0 Å². The first kappa shape index (κ1) is 36.9. The third-order valence-electron chi connectivity index (χ3n) is 13.4. The first-order valence-corrected chi connectivity index (χ1v) is 21.9. The van der Waals surface area contributed by atoms with E-state index in [4.69, 9.17) is 0 Å². The van der Waals surface area contributed by atoms with Crippen LogP contribution in [0.25, 0.3) is 82.8 Å². The molecule has 298 valence electrons. The van der Waals surface area contributed by atoms with Crippen LogP contribution in [0.3, 0.4) is 0 Å². The van der Waals surface area contributed by atoms with Crippen molar-refractivity contribution in [2.24, 2.45) is 0 Å². The lowest BCUT2D eigenvalue weighted by Crippen LogP contribution is -2.17. The Balaban J connectivity index is 0.986. The summed E-state index contributed by atoms with van der Waals surface area (Å²) in [5.41, 5.74) is 19.4. The van der Waals surface area contributed by atoms with Crippen molar-refractivity contribution in [1.29, 1.82) is 0 Å². The Kier molecular flexibility index (Phi) is 8.55. The minimum atomic E-state index is -0.121. The Morgan fingerprint density at radius 2 is 0.984 bits per heavy atom. The first-order chi connectivity index (χ1) is 31.0. The summed E-state index contributed by atoms with van der Waals surface area (Å²) in [6, 6.07) is 84.5. The van der Waals surface area contributed by atoms with E-state index in [1.54, 1.807) is 0 Å². The van der Waals surface area contributed by atoms with E-state index in [1.807, 2.05) is 0 Å². The molecule has 1 aliphatic rings. The number of hydrogen-bond donors (Lipinski definition) is 0. The molecular weight excluding hydrogens is 761 g/mol. The minimum absolute atomic E-state index is 0.121. The van der Waals surface area contributed by atoms with Gasteiger partial charge in [0.05, 0.1) is 16.7 Å². The maximum atomic E-state index is 2.45. The Bertz CT molecular complexity index is 3520. The van der Waals surface area contributed by atoms with Crippen molar-refractivity contribution in [3.05, 3.63) is 242 Å². The van der Waals surface area contributed by atoms with Crippen molar-refractivity contribution in [3.8, 4) is 50.2 Å². The molecule has 11 aromatic rings. The third kappa shape index (κ3) is 5.94. The van der Waals surface area contributed by atoms with Crippen molar-refractivity contribution in [3.63, 3.8) is 0 Å². The molecule has 0 spiro atoms. The number of benzene rings is 10. The molecule has 1 heterocycles. The molecule has 63 heavy (non-hydrogen) atoms. The van der Waals surface area contributed by atoms with Crippen molar-refractivity contribution >= 4 is 49.6 Å². The van der Waals surface area contributed by atoms with Gasteiger partial charge in [-0.3, -0.25) is 0 Å². The zero-order valence-corrected chi connectivity index (χ0v) is 35.3. The zero-order chi connectivity index (χ0) is 42.1. The maximum Gasteiger partial charge on any atom is 0.0547 e. The number of aromatic nitrogens is 1. The van der Waals surface area contributed by atoms with E-state index in [2.05, 4.69) is 254 Å². The normalized spacial score (nSPS) is 12.7. The van der Waals surface area contributed by atoms with Gasteiger partial charge in [-0.15, -0.1) is 0 Å². The largest absolute Gasteiger partial charge is 0.310 e. The van der Waals surface area contributed by atoms with Gasteiger partial charge in [0.1, 0.15) is 0 Å². The summed E-state index contributed by atoms with van der Waals surface area (Å²) in [5, 5.41) is 5.08. The Labute approximate surface area is 368 Å². The number of fused-ring (bicyclic) bond motifs is 8. The van der Waals surface area contributed by atoms with Crippen LogP contribution in [0, 0.1) is 0 Å². The molecule has 0 fully saturated rings. The van der Waals surface area contributed by atoms with E-state index < -0.39 is 0 Å². The predicted molar refractivity (Wildman–Crippen MR) is 267 cm³/mol. The highest BCUT2D eigenvalue weighted by atomic mass is 15.1. The number of rotatable bonds is 7. The molecule has 12 rings (SSSR count). The molecule has 0 bridgehead atoms. The summed E-state index contributed by atoms with van der Waals surface area (Å²) >= 11 is 0. The van der Waals surface area contributed by atoms with Crippen LogP contribution in [0.1, 0.15) is 25.0 Å². The Morgan fingerprint density at radius 3 is 1.79 bits per heavy atom. The summed E-state index contributed by atoms with van der Waals surface area (Å²) in [5.74, 6) is 0. The lowest BCUT2D eigenvalue weighted by Gasteiger charge is -2.30. The number of para-hydroxylation sites is 2. The van der Waals surface area contributed by atoms with Gasteiger partial charge < -0.3 is 9.47 Å². The fraction of sp³-hybridized carbons (Fsp3) is 0.0492. The lowest BCUT2D eigenvalue weighted by molar-refractivity contribution is 0.660. The van der Waals surface area contributed by atoms with E-state index >= 15 is 0 Å². The van der Waals surface area contributed by atoms with Crippen LogP contribution < -0.4 is 4.90 Å². The molecule has 0 saturated carbocycles. The average molecular weight is 805 g/mol. The Morgan fingerprint density at radius 1 is 0.365 bits per heavy atom. The molecule has 0 radical (unpaired) electrons. The first-order valence-electron chi connectivity index (χ1n) is 21.9. The van der Waals surface area contributed by atoms with E-state index in [9.17, 15) is 0 Å². The molecule has 0 unspecified atom stereocenters. The standard InChI is InChI=1S/C61H44N2/c1-61(2)54-28-12-9-25-51(54)52-37-36-48(40-55(52)61)62(56-29-13-10-24-49(56)42-17-5-3-6-18-42)47-23-15-22-45(39-47)41-31-34-46(35-32-41)63-57-30-14-11-26-53(57)60-58(63)38-33-44-21-16-27-50(59(44)60)43-19-7-4-8-20-43/h3-40H,1-2H3. The molecule has 0 saturated heterocycles. The van der Waals surface area contributed by atoms with Gasteiger partial charge in [-0.2, -0.15) is 0 Å². The fourth-order valence-electron chi connectivity index (χ4n) is 10.4. The van der Waals surface area contributed by atoms with Gasteiger partial charge in [-0.05, 0) is 115 Å². The predicted octanol–water partition coefficient (Wildman–Crippen LogP) is 16.7. The number of anilines is 3. The molecule has 1 aliphatic carbocycles. The summed E-state index contributed by atoms with van der Waals surface area (Å²) in [6.45, 7) is 4.72. The quantitative estimate of drug-likeness (QED) is 0.156. The molecule has 1 aromatic heterocycles. The van der Waals surface area contributed by atoms with Crippen LogP contribution >= 0.6 is 0 Å². The zero-order valence-electron chi connectivity index (χ0n) is 35.3. The molecule has 10 aromatic carbocycles. The third-order valence-corrected chi connectivity index (χ3v) is 13.4. The monoisotopic (exact) mass is 804 g/mol. The topological polar surface area (TPSA) is 8.17 Å². The van der Waals surface area contributed by atoms with Gasteiger partial charge in [0.25, 0.3) is 0 Å². The van der Waals surface area contributed by atoms with Crippen LogP contribution in [0.2, 0.25) is 0 Å². The van der Waals surface area contributed by atoms with Crippen molar-refractivity contribution in [2.45, 2.75) is 19.3 Å². The Hall–Kier alpha value is -7.94. The molecule has 0 atom stereocenters. The highest BCUT2D eigenvalue weighted by molar-refractivity contribution is 6.24. The highest BCUT2D eigenvalue weighted by Crippen LogP contribution is 2.51. The molecule has 0 N–H and O–H groups in total. The van der Waals surface area contributed by atoms with Crippen LogP contribution in [0.4, 0.5) is 17.1 Å². The van der Waals surface area contributed by atoms with E-state index in [1.165, 1.54) is 82.6 Å². The summed E-state index contributed by atoms with van der Waals surface area (Å²) in [4.78, 5) is 2.45. The molecule has 0 amide bonds. The molecule has 0 aliphatic heterocycles. The summed E-state index contributed by atoms with van der Waals surface area (Å²) in [6.07, 6.45) is 0. The SMILES string of the molecule is CC1(C)c2ccccc2-c2ccc(N(c3cccc(-c4ccc(-n5c6ccccc6c6c7c(-c8ccccc8)cccc7ccc65)cc4)c3)c3ccccc3-c3ccccc3)cc21. The minimum Gasteiger partial charge on any atom is -0.310 e. The number of nitrogens with zero attached hydrogens (tertiary/aromatic N) is 2. The second-order valence-electron chi connectivity index (χ2n) is 17.3. The van der Waals surface area contributed by atoms with Gasteiger partial charge in [0.15, 0.2) is 0 Å². The van der Waals surface area contributed by atoms with E-state index in [0.29, 0.717) is 0 Å². The number of hydrogen-bond acceptors (Lipinski definition) is 1. The van der Waals surface area contributed by atoms with Gasteiger partial charge in [-0.25, -0.2) is 0 Å². The second-order valence-corrected chi connectivity index (χ2v) is 17.3. The highest BCUT2D eigenvalue weighted by Gasteiger charge is 2.36. The van der Waals surface area contributed by atoms with Crippen molar-refractivity contribution in [2.75, 3.05) is 4.90 Å². The van der Waals surface area contributed by atoms with Gasteiger partial charge in [-0.1, -0.05) is 190 Å². The smallest absolute Gasteiger partial charge is 0.0547 e. The van der Waals surface area contributed by atoms with Crippen LogP contribution in [-0.4, -0.2) is 4.57 Å². The van der Waals surface area contributed by atoms with Crippen molar-refractivity contribution in [1.82, 2.24) is 4.57 Å². The fourth-order valence-corrected chi connectivity index (χ4v) is 10.4. The maximum absolute atomic E-state index is 2.45. The van der Waals surface area contributed by atoms with Gasteiger partial charge in [0.2, 0.25) is 0 Å².